The van der Waals surface area contributed by atoms with Crippen molar-refractivity contribution < 1.29 is 14.0 Å². The van der Waals surface area contributed by atoms with Gasteiger partial charge in [0.1, 0.15) is 35.0 Å². The smallest absolute Gasteiger partial charge is 0.150 e. The molecule has 3 N–H and O–H groups in total. The predicted molar refractivity (Wildman–Crippen MR) is 140 cm³/mol. The highest BCUT2D eigenvalue weighted by Gasteiger charge is 2.16. The number of Topliss-reactive ketones (excluding diaryl/α,β-unsaturated/α-hetero) is 1. The molecule has 0 spiro atoms. The fourth-order valence-corrected chi connectivity index (χ4v) is 4.37. The topological polar surface area (TPSA) is 93.9 Å². The van der Waals surface area contributed by atoms with E-state index in [1.165, 1.54) is 18.4 Å². The van der Waals surface area contributed by atoms with Gasteiger partial charge >= 0.3 is 0 Å². The van der Waals surface area contributed by atoms with E-state index in [-0.39, 0.29) is 5.78 Å². The van der Waals surface area contributed by atoms with Crippen LogP contribution in [-0.4, -0.2) is 65.6 Å². The molecule has 0 saturated carbocycles. The second-order valence-electron chi connectivity index (χ2n) is 10.1. The van der Waals surface area contributed by atoms with Crippen molar-refractivity contribution in [2.75, 3.05) is 46.1 Å². The molecule has 186 valence electrons. The molecule has 7 nitrogen and oxygen atoms in total. The molecule has 2 aromatic heterocycles. The molecule has 0 atom stereocenters. The maximum absolute atomic E-state index is 11.0. The molecule has 0 saturated heterocycles. The van der Waals surface area contributed by atoms with Crippen molar-refractivity contribution in [3.63, 3.8) is 0 Å². The Morgan fingerprint density at radius 2 is 1.88 bits per heavy atom. The summed E-state index contributed by atoms with van der Waals surface area (Å²) in [7, 11) is 4.50. The van der Waals surface area contributed by atoms with Crippen LogP contribution in [0.15, 0.2) is 18.2 Å². The fraction of sp³-hybridized carbons (Fsp3) is 0.593. The van der Waals surface area contributed by atoms with Crippen LogP contribution in [-0.2, 0) is 22.4 Å². The van der Waals surface area contributed by atoms with Crippen molar-refractivity contribution in [2.45, 2.75) is 65.2 Å². The number of pyridine rings is 1. The molecular weight excluding hydrogens is 426 g/mol. The molecule has 1 aromatic carbocycles. The maximum atomic E-state index is 11.0. The molecule has 7 heteroatoms. The number of unbranched alkanes of at least 4 members (excludes halogenated alkanes) is 3. The highest BCUT2D eigenvalue weighted by molar-refractivity contribution is 6.07. The number of carbonyl (C=O) groups excluding carboxylic acids is 1. The summed E-state index contributed by atoms with van der Waals surface area (Å²) in [6, 6.07) is 6.32. The Labute approximate surface area is 203 Å². The van der Waals surface area contributed by atoms with Gasteiger partial charge in [0.05, 0.1) is 39.4 Å². The van der Waals surface area contributed by atoms with Crippen molar-refractivity contribution in [3.8, 4) is 0 Å². The molecule has 34 heavy (non-hydrogen) atoms. The zero-order chi connectivity index (χ0) is 24.6. The fourth-order valence-electron chi connectivity index (χ4n) is 4.37. The van der Waals surface area contributed by atoms with E-state index in [4.69, 9.17) is 15.5 Å². The molecule has 3 aromatic rings. The highest BCUT2D eigenvalue weighted by atomic mass is 16.5. The summed E-state index contributed by atoms with van der Waals surface area (Å²) in [6.07, 6.45) is 8.19. The average Bonchev–Trinajstić information content (AvgIpc) is 3.21. The first-order valence-electron chi connectivity index (χ1n) is 12.8. The van der Waals surface area contributed by atoms with Crippen molar-refractivity contribution in [1.29, 1.82) is 0 Å². The molecule has 0 fully saturated rings. The van der Waals surface area contributed by atoms with Crippen molar-refractivity contribution in [1.82, 2.24) is 15.0 Å². The van der Waals surface area contributed by atoms with Gasteiger partial charge in [-0.25, -0.2) is 9.97 Å². The molecule has 0 unspecified atom stereocenters. The Morgan fingerprint density at radius 1 is 1.06 bits per heavy atom. The second-order valence-corrected chi connectivity index (χ2v) is 10.1. The zero-order valence-corrected chi connectivity index (χ0v) is 21.5. The van der Waals surface area contributed by atoms with Gasteiger partial charge in [0.2, 0.25) is 0 Å². The van der Waals surface area contributed by atoms with Gasteiger partial charge in [-0.3, -0.25) is 4.79 Å². The van der Waals surface area contributed by atoms with Gasteiger partial charge in [-0.05, 0) is 50.7 Å². The number of quaternary nitrogens is 1. The van der Waals surface area contributed by atoms with E-state index >= 15 is 0 Å². The van der Waals surface area contributed by atoms with Gasteiger partial charge in [-0.15, -0.1) is 0 Å². The number of nitrogens with zero attached hydrogens (tertiary/aromatic N) is 3. The van der Waals surface area contributed by atoms with Crippen LogP contribution in [0.2, 0.25) is 0 Å². The van der Waals surface area contributed by atoms with Gasteiger partial charge in [0.15, 0.2) is 0 Å². The van der Waals surface area contributed by atoms with Gasteiger partial charge in [0, 0.05) is 18.2 Å². The number of aromatic amines is 1. The first kappa shape index (κ1) is 26.1. The van der Waals surface area contributed by atoms with Gasteiger partial charge < -0.3 is 19.9 Å². The third-order valence-corrected chi connectivity index (χ3v) is 6.53. The largest absolute Gasteiger partial charge is 0.382 e. The Balaban J connectivity index is 1.56. The number of H-pyrrole nitrogens is 1. The van der Waals surface area contributed by atoms with Gasteiger partial charge in [-0.1, -0.05) is 25.5 Å². The van der Waals surface area contributed by atoms with Crippen LogP contribution in [0.25, 0.3) is 21.9 Å². The Bertz CT molecular complexity index is 1090. The first-order chi connectivity index (χ1) is 16.3. The molecule has 0 amide bonds. The standard InChI is InChI=1S/C27H42N5O2/c1-5-6-14-23-30-25-24-21(12-10-13-22(24)29-27(28)26(25)31-23)11-8-7-9-16-32(3,4)17-19-34-18-15-20(2)33/h10,12-13H,5-9,11,14-19H2,1-4H3,(H2,28,29)(H,30,31)/q+1. The predicted octanol–water partition coefficient (Wildman–Crippen LogP) is 4.82. The van der Waals surface area contributed by atoms with Crippen LogP contribution in [0.5, 0.6) is 0 Å². The van der Waals surface area contributed by atoms with E-state index in [1.54, 1.807) is 6.92 Å². The molecule has 0 bridgehead atoms. The number of aromatic nitrogens is 3. The third-order valence-electron chi connectivity index (χ3n) is 6.53. The lowest BCUT2D eigenvalue weighted by Gasteiger charge is -2.29. The van der Waals surface area contributed by atoms with Crippen LogP contribution in [0.3, 0.4) is 0 Å². The van der Waals surface area contributed by atoms with Crippen LogP contribution in [0.4, 0.5) is 5.82 Å². The minimum absolute atomic E-state index is 0.184. The van der Waals surface area contributed by atoms with Crippen LogP contribution < -0.4 is 5.73 Å². The molecule has 0 aliphatic carbocycles. The zero-order valence-electron chi connectivity index (χ0n) is 21.5. The summed E-state index contributed by atoms with van der Waals surface area (Å²) >= 11 is 0. The van der Waals surface area contributed by atoms with Crippen LogP contribution in [0, 0.1) is 0 Å². The summed E-state index contributed by atoms with van der Waals surface area (Å²) in [5.74, 6) is 1.71. The number of rotatable bonds is 15. The summed E-state index contributed by atoms with van der Waals surface area (Å²) in [4.78, 5) is 24.0. The quantitative estimate of drug-likeness (QED) is 0.246. The lowest BCUT2D eigenvalue weighted by Crippen LogP contribution is -2.43. The number of hydrogen-bond acceptors (Lipinski definition) is 5. The van der Waals surface area contributed by atoms with Crippen molar-refractivity contribution >= 4 is 33.5 Å². The number of fused-ring (bicyclic) bond motifs is 3. The summed E-state index contributed by atoms with van der Waals surface area (Å²) in [5, 5.41) is 1.14. The van der Waals surface area contributed by atoms with Gasteiger partial charge in [-0.2, -0.15) is 0 Å². The number of anilines is 1. The molecule has 2 heterocycles. The van der Waals surface area contributed by atoms with E-state index < -0.39 is 0 Å². The Kier molecular flexibility index (Phi) is 9.42. The average molecular weight is 469 g/mol. The molecular formula is C27H42N5O2+. The molecule has 0 aliphatic heterocycles. The Hall–Kier alpha value is -2.51. The van der Waals surface area contributed by atoms with Crippen molar-refractivity contribution in [2.24, 2.45) is 0 Å². The number of hydrogen-bond donors (Lipinski definition) is 2. The number of nitrogen functional groups attached to an aromatic ring is 1. The van der Waals surface area contributed by atoms with Gasteiger partial charge in [0.25, 0.3) is 0 Å². The summed E-state index contributed by atoms with van der Waals surface area (Å²) in [6.45, 7) is 7.11. The molecule has 0 aliphatic rings. The number of likely N-dealkylation sites (N-methyl/N-ethyl adjacent to an activating group) is 1. The van der Waals surface area contributed by atoms with Crippen LogP contribution >= 0.6 is 0 Å². The number of ether oxygens (including phenoxy) is 1. The summed E-state index contributed by atoms with van der Waals surface area (Å²) in [5.41, 5.74) is 10.3. The van der Waals surface area contributed by atoms with Crippen LogP contribution in [0.1, 0.15) is 63.8 Å². The maximum Gasteiger partial charge on any atom is 0.150 e. The Morgan fingerprint density at radius 3 is 2.65 bits per heavy atom. The number of benzene rings is 1. The third kappa shape index (κ3) is 7.24. The second kappa shape index (κ2) is 12.3. The van der Waals surface area contributed by atoms with E-state index in [9.17, 15) is 4.79 Å². The SMILES string of the molecule is CCCCc1nc2c([nH]1)c(N)nc1cccc(CCCCC[N+](C)(C)CCOCCC(C)=O)c12. The molecule has 3 rings (SSSR count). The monoisotopic (exact) mass is 468 g/mol. The minimum Gasteiger partial charge on any atom is -0.382 e. The first-order valence-corrected chi connectivity index (χ1v) is 12.8. The number of carbonyl (C=O) groups is 1. The number of aryl methyl sites for hydroxylation is 2. The number of imidazole rings is 1. The number of nitrogens with two attached hydrogens (primary N) is 1. The lowest BCUT2D eigenvalue weighted by molar-refractivity contribution is -0.891. The summed E-state index contributed by atoms with van der Waals surface area (Å²) < 4.78 is 6.55. The van der Waals surface area contributed by atoms with E-state index in [0.717, 1.165) is 77.4 Å². The van der Waals surface area contributed by atoms with Crippen molar-refractivity contribution in [3.05, 3.63) is 29.6 Å². The van der Waals surface area contributed by atoms with E-state index in [2.05, 4.69) is 43.1 Å². The minimum atomic E-state index is 0.184. The highest BCUT2D eigenvalue weighted by Crippen LogP contribution is 2.30. The van der Waals surface area contributed by atoms with E-state index in [1.807, 2.05) is 6.07 Å². The number of nitrogens with one attached hydrogen (secondary N) is 1. The normalized spacial score (nSPS) is 12.1. The van der Waals surface area contributed by atoms with E-state index in [0.29, 0.717) is 25.5 Å². The number of ketones is 1. The molecule has 0 radical (unpaired) electrons. The lowest BCUT2D eigenvalue weighted by atomic mass is 10.0.